The van der Waals surface area contributed by atoms with Crippen LogP contribution < -0.4 is 10.9 Å². The van der Waals surface area contributed by atoms with Crippen molar-refractivity contribution in [2.24, 2.45) is 0 Å². The van der Waals surface area contributed by atoms with Crippen molar-refractivity contribution in [3.05, 3.63) is 63.8 Å². The number of amides is 2. The second kappa shape index (κ2) is 8.66. The molecule has 7 nitrogen and oxygen atoms in total. The van der Waals surface area contributed by atoms with Crippen LogP contribution in [0.5, 0.6) is 0 Å². The van der Waals surface area contributed by atoms with Gasteiger partial charge < -0.3 is 15.2 Å². The van der Waals surface area contributed by atoms with Crippen LogP contribution in [-0.4, -0.2) is 59.3 Å². The zero-order valence-corrected chi connectivity index (χ0v) is 15.6. The first kappa shape index (κ1) is 21.5. The van der Waals surface area contributed by atoms with Gasteiger partial charge in [0.25, 0.3) is 11.5 Å². The molecule has 3 rings (SSSR count). The van der Waals surface area contributed by atoms with Crippen LogP contribution in [0.2, 0.25) is 0 Å². The number of nitrogens with one attached hydrogen (secondary N) is 2. The van der Waals surface area contributed by atoms with E-state index in [2.05, 4.69) is 5.32 Å². The summed E-state index contributed by atoms with van der Waals surface area (Å²) < 4.78 is 50.8. The lowest BCUT2D eigenvalue weighted by Crippen LogP contribution is -2.51. The number of pyridine rings is 1. The molecule has 1 aliphatic heterocycles. The Balaban J connectivity index is 1.53. The van der Waals surface area contributed by atoms with Crippen molar-refractivity contribution in [2.45, 2.75) is 6.18 Å². The topological polar surface area (TPSA) is 85.5 Å². The summed E-state index contributed by atoms with van der Waals surface area (Å²) in [6, 6.07) is 6.85. The second-order valence-electron chi connectivity index (χ2n) is 6.74. The summed E-state index contributed by atoms with van der Waals surface area (Å²) in [5.74, 6) is -1.39. The maximum Gasteiger partial charge on any atom is 0.431 e. The lowest BCUT2D eigenvalue weighted by atomic mass is 10.2. The lowest BCUT2D eigenvalue weighted by molar-refractivity contribution is -0.141. The van der Waals surface area contributed by atoms with E-state index >= 15 is 0 Å². The molecule has 0 bridgehead atoms. The van der Waals surface area contributed by atoms with Crippen LogP contribution in [0.3, 0.4) is 0 Å². The van der Waals surface area contributed by atoms with Crippen LogP contribution in [0, 0.1) is 5.82 Å². The van der Waals surface area contributed by atoms with Gasteiger partial charge in [-0.15, -0.1) is 0 Å². The number of hydrogen-bond donors (Lipinski definition) is 2. The van der Waals surface area contributed by atoms with Crippen molar-refractivity contribution in [3.8, 4) is 0 Å². The number of aromatic amines is 1. The quantitative estimate of drug-likeness (QED) is 0.732. The van der Waals surface area contributed by atoms with E-state index in [0.29, 0.717) is 24.8 Å². The van der Waals surface area contributed by atoms with Gasteiger partial charge in [0.15, 0.2) is 0 Å². The van der Waals surface area contributed by atoms with Crippen molar-refractivity contribution >= 4 is 17.5 Å². The van der Waals surface area contributed by atoms with Crippen molar-refractivity contribution in [1.29, 1.82) is 0 Å². The summed E-state index contributed by atoms with van der Waals surface area (Å²) in [4.78, 5) is 41.3. The van der Waals surface area contributed by atoms with Crippen LogP contribution in [-0.2, 0) is 11.0 Å². The van der Waals surface area contributed by atoms with Crippen LogP contribution in [0.4, 0.5) is 23.2 Å². The Morgan fingerprint density at radius 2 is 1.63 bits per heavy atom. The van der Waals surface area contributed by atoms with Crippen molar-refractivity contribution in [1.82, 2.24) is 14.8 Å². The van der Waals surface area contributed by atoms with Gasteiger partial charge in [-0.2, -0.15) is 13.2 Å². The number of hydrogen-bond acceptors (Lipinski definition) is 4. The molecule has 30 heavy (non-hydrogen) atoms. The van der Waals surface area contributed by atoms with Crippen LogP contribution in [0.25, 0.3) is 0 Å². The first-order chi connectivity index (χ1) is 14.1. The van der Waals surface area contributed by atoms with Crippen LogP contribution in [0.15, 0.2) is 41.2 Å². The maximum atomic E-state index is 12.9. The molecule has 0 spiro atoms. The fraction of sp³-hybridized carbons (Fsp3) is 0.316. The number of piperazine rings is 1. The zero-order valence-electron chi connectivity index (χ0n) is 15.6. The molecule has 0 saturated carbocycles. The van der Waals surface area contributed by atoms with E-state index in [-0.39, 0.29) is 31.1 Å². The zero-order chi connectivity index (χ0) is 21.9. The van der Waals surface area contributed by atoms with E-state index in [1.807, 2.05) is 0 Å². The molecule has 0 radical (unpaired) electrons. The summed E-state index contributed by atoms with van der Waals surface area (Å²) >= 11 is 0. The first-order valence-electron chi connectivity index (χ1n) is 9.01. The summed E-state index contributed by atoms with van der Waals surface area (Å²) in [6.45, 7) is 1.18. The lowest BCUT2D eigenvalue weighted by Gasteiger charge is -2.34. The molecule has 1 aliphatic rings. The minimum absolute atomic E-state index is 0.0558. The smallest absolute Gasteiger partial charge is 0.336 e. The Bertz CT molecular complexity index is 981. The van der Waals surface area contributed by atoms with Crippen molar-refractivity contribution in [3.63, 3.8) is 0 Å². The molecule has 1 saturated heterocycles. The summed E-state index contributed by atoms with van der Waals surface area (Å²) in [5, 5.41) is 2.64. The van der Waals surface area contributed by atoms with Crippen molar-refractivity contribution in [2.75, 3.05) is 38.0 Å². The Morgan fingerprint density at radius 3 is 2.20 bits per heavy atom. The van der Waals surface area contributed by atoms with Gasteiger partial charge in [-0.05, 0) is 36.4 Å². The molecule has 2 N–H and O–H groups in total. The molecular weight excluding hydrogens is 408 g/mol. The highest BCUT2D eigenvalue weighted by Crippen LogP contribution is 2.26. The molecule has 0 unspecified atom stereocenters. The maximum absolute atomic E-state index is 12.9. The van der Waals surface area contributed by atoms with Gasteiger partial charge in [0.05, 0.1) is 6.54 Å². The molecule has 1 fully saturated rings. The third-order valence-electron chi connectivity index (χ3n) is 4.60. The molecule has 2 aromatic rings. The number of carbonyl (C=O) groups excluding carboxylic acids is 2. The molecule has 160 valence electrons. The number of carbonyl (C=O) groups is 2. The number of alkyl halides is 3. The molecule has 2 heterocycles. The highest BCUT2D eigenvalue weighted by molar-refractivity contribution is 5.94. The van der Waals surface area contributed by atoms with E-state index in [1.165, 1.54) is 29.2 Å². The fourth-order valence-electron chi connectivity index (χ4n) is 3.02. The Kier molecular flexibility index (Phi) is 6.20. The van der Waals surface area contributed by atoms with Gasteiger partial charge in [-0.1, -0.05) is 0 Å². The molecule has 2 amide bonds. The molecular formula is C19H18F4N4O3. The predicted octanol–water partition coefficient (Wildman–Crippen LogP) is 1.93. The SMILES string of the molecule is O=C(CN1CCN(C(=O)c2ccc(C(F)(F)F)[nH]c2=O)CC1)Nc1ccc(F)cc1. The van der Waals surface area contributed by atoms with Crippen LogP contribution >= 0.6 is 0 Å². The normalized spacial score (nSPS) is 15.1. The summed E-state index contributed by atoms with van der Waals surface area (Å²) in [7, 11) is 0. The average Bonchev–Trinajstić information content (AvgIpc) is 2.69. The van der Waals surface area contributed by atoms with Gasteiger partial charge in [-0.25, -0.2) is 4.39 Å². The Labute approximate surface area is 168 Å². The van der Waals surface area contributed by atoms with Crippen LogP contribution in [0.1, 0.15) is 16.1 Å². The number of halogens is 4. The largest absolute Gasteiger partial charge is 0.431 e. The predicted molar refractivity (Wildman–Crippen MR) is 99.4 cm³/mol. The monoisotopic (exact) mass is 426 g/mol. The summed E-state index contributed by atoms with van der Waals surface area (Å²) in [6.07, 6.45) is -4.71. The first-order valence-corrected chi connectivity index (χ1v) is 9.01. The van der Waals surface area contributed by atoms with E-state index in [4.69, 9.17) is 0 Å². The van der Waals surface area contributed by atoms with Gasteiger partial charge in [-0.3, -0.25) is 19.3 Å². The molecule has 1 aromatic heterocycles. The fourth-order valence-corrected chi connectivity index (χ4v) is 3.02. The molecule has 1 aromatic carbocycles. The molecule has 0 atom stereocenters. The number of rotatable bonds is 4. The number of anilines is 1. The van der Waals surface area contributed by atoms with E-state index in [1.54, 1.807) is 9.88 Å². The van der Waals surface area contributed by atoms with Gasteiger partial charge in [0.1, 0.15) is 17.1 Å². The molecule has 11 heteroatoms. The Morgan fingerprint density at radius 1 is 1.00 bits per heavy atom. The summed E-state index contributed by atoms with van der Waals surface area (Å²) in [5.41, 5.74) is -2.24. The average molecular weight is 426 g/mol. The van der Waals surface area contributed by atoms with E-state index < -0.39 is 29.2 Å². The third kappa shape index (κ3) is 5.23. The van der Waals surface area contributed by atoms with Gasteiger partial charge >= 0.3 is 6.18 Å². The van der Waals surface area contributed by atoms with Gasteiger partial charge in [0.2, 0.25) is 5.91 Å². The standard InChI is InChI=1S/C19H18F4N4O3/c20-12-1-3-13(4-2-12)24-16(28)11-26-7-9-27(10-8-26)18(30)14-5-6-15(19(21,22)23)25-17(14)29/h1-6H,7-11H2,(H,24,28)(H,25,29). The second-order valence-corrected chi connectivity index (χ2v) is 6.74. The number of nitrogens with zero attached hydrogens (tertiary/aromatic N) is 2. The number of aromatic nitrogens is 1. The Hall–Kier alpha value is -3.21. The number of benzene rings is 1. The van der Waals surface area contributed by atoms with E-state index in [9.17, 15) is 31.9 Å². The highest BCUT2D eigenvalue weighted by atomic mass is 19.4. The number of H-pyrrole nitrogens is 1. The third-order valence-corrected chi connectivity index (χ3v) is 4.60. The minimum Gasteiger partial charge on any atom is -0.336 e. The van der Waals surface area contributed by atoms with E-state index in [0.717, 1.165) is 6.07 Å². The minimum atomic E-state index is -4.71. The van der Waals surface area contributed by atoms with Gasteiger partial charge in [0, 0.05) is 31.9 Å². The van der Waals surface area contributed by atoms with Crippen molar-refractivity contribution < 1.29 is 27.2 Å². The molecule has 0 aliphatic carbocycles. The highest BCUT2D eigenvalue weighted by Gasteiger charge is 2.33.